The molecule has 14 heavy (non-hydrogen) atoms. The Morgan fingerprint density at radius 3 is 2.07 bits per heavy atom. The Hall–Kier alpha value is -0.530. The molecule has 2 heteroatoms. The zero-order valence-electron chi connectivity index (χ0n) is 9.81. The van der Waals surface area contributed by atoms with Crippen LogP contribution < -0.4 is 0 Å². The maximum Gasteiger partial charge on any atom is 0.303 e. The standard InChI is InChI=1S/C10H18O2.C2H6/c1-2-10(8-9(11)12)6-4-3-5-7-10;1-2/h2-8H2,1H3,(H,11,12);1-2H3. The molecule has 1 fully saturated rings. The van der Waals surface area contributed by atoms with Crippen LogP contribution in [0.5, 0.6) is 0 Å². The molecule has 0 heterocycles. The second kappa shape index (κ2) is 6.86. The SMILES string of the molecule is CC.CCC1(CC(=O)O)CCCCC1. The first-order valence-corrected chi connectivity index (χ1v) is 5.90. The predicted octanol–water partition coefficient (Wildman–Crippen LogP) is 3.85. The molecule has 0 unspecified atom stereocenters. The summed E-state index contributed by atoms with van der Waals surface area (Å²) in [5.74, 6) is -0.626. The highest BCUT2D eigenvalue weighted by atomic mass is 16.4. The number of carbonyl (C=O) groups is 1. The molecule has 1 N–H and O–H groups in total. The lowest BCUT2D eigenvalue weighted by atomic mass is 9.70. The molecule has 1 aliphatic rings. The van der Waals surface area contributed by atoms with E-state index in [0.717, 1.165) is 19.3 Å². The second-order valence-electron chi connectivity index (χ2n) is 3.98. The zero-order valence-corrected chi connectivity index (χ0v) is 9.81. The quantitative estimate of drug-likeness (QED) is 0.751. The van der Waals surface area contributed by atoms with E-state index in [1.807, 2.05) is 13.8 Å². The summed E-state index contributed by atoms with van der Waals surface area (Å²) in [4.78, 5) is 10.6. The molecule has 0 spiro atoms. The molecule has 0 aromatic carbocycles. The van der Waals surface area contributed by atoms with Crippen LogP contribution in [-0.4, -0.2) is 11.1 Å². The van der Waals surface area contributed by atoms with Crippen molar-refractivity contribution in [3.63, 3.8) is 0 Å². The highest BCUT2D eigenvalue weighted by molar-refractivity contribution is 5.67. The first kappa shape index (κ1) is 13.5. The van der Waals surface area contributed by atoms with Crippen LogP contribution in [-0.2, 0) is 4.79 Å². The van der Waals surface area contributed by atoms with Crippen LogP contribution in [0.2, 0.25) is 0 Å². The van der Waals surface area contributed by atoms with Crippen LogP contribution in [0.25, 0.3) is 0 Å². The van der Waals surface area contributed by atoms with E-state index in [9.17, 15) is 4.79 Å². The summed E-state index contributed by atoms with van der Waals surface area (Å²) in [6.07, 6.45) is 7.39. The third kappa shape index (κ3) is 4.12. The molecular formula is C12H24O2. The highest BCUT2D eigenvalue weighted by Gasteiger charge is 2.32. The molecule has 1 saturated carbocycles. The van der Waals surface area contributed by atoms with Crippen molar-refractivity contribution in [2.24, 2.45) is 5.41 Å². The first-order chi connectivity index (χ1) is 6.68. The van der Waals surface area contributed by atoms with Gasteiger partial charge in [-0.05, 0) is 24.7 Å². The molecule has 1 aliphatic carbocycles. The van der Waals surface area contributed by atoms with Crippen molar-refractivity contribution in [2.75, 3.05) is 0 Å². The predicted molar refractivity (Wildman–Crippen MR) is 59.4 cm³/mol. The number of hydrogen-bond acceptors (Lipinski definition) is 1. The summed E-state index contributed by atoms with van der Waals surface area (Å²) in [5, 5.41) is 8.76. The van der Waals surface area contributed by atoms with Crippen LogP contribution >= 0.6 is 0 Å². The molecule has 0 aliphatic heterocycles. The summed E-state index contributed by atoms with van der Waals surface area (Å²) in [6.45, 7) is 6.12. The molecular weight excluding hydrogens is 176 g/mol. The largest absolute Gasteiger partial charge is 0.481 e. The Balaban J connectivity index is 0.000000791. The van der Waals surface area contributed by atoms with E-state index in [2.05, 4.69) is 6.92 Å². The molecule has 0 aromatic heterocycles. The lowest BCUT2D eigenvalue weighted by Gasteiger charge is -2.35. The average Bonchev–Trinajstić information content (AvgIpc) is 2.21. The smallest absolute Gasteiger partial charge is 0.303 e. The van der Waals surface area contributed by atoms with Crippen molar-refractivity contribution in [1.29, 1.82) is 0 Å². The number of aliphatic carboxylic acids is 1. The van der Waals surface area contributed by atoms with Gasteiger partial charge in [0.05, 0.1) is 6.42 Å². The van der Waals surface area contributed by atoms with E-state index in [1.54, 1.807) is 0 Å². The van der Waals surface area contributed by atoms with Crippen LogP contribution in [0.15, 0.2) is 0 Å². The number of carboxylic acids is 1. The van der Waals surface area contributed by atoms with E-state index < -0.39 is 5.97 Å². The summed E-state index contributed by atoms with van der Waals surface area (Å²) in [6, 6.07) is 0. The van der Waals surface area contributed by atoms with Gasteiger partial charge in [-0.15, -0.1) is 0 Å². The fraction of sp³-hybridized carbons (Fsp3) is 0.917. The van der Waals surface area contributed by atoms with Crippen LogP contribution in [0.3, 0.4) is 0 Å². The highest BCUT2D eigenvalue weighted by Crippen LogP contribution is 2.41. The minimum atomic E-state index is -0.626. The van der Waals surface area contributed by atoms with Crippen molar-refractivity contribution in [3.05, 3.63) is 0 Å². The Labute approximate surface area is 87.7 Å². The molecule has 0 bridgehead atoms. The molecule has 0 aromatic rings. The van der Waals surface area contributed by atoms with Gasteiger partial charge in [0, 0.05) is 0 Å². The molecule has 84 valence electrons. The van der Waals surface area contributed by atoms with Gasteiger partial charge in [-0.1, -0.05) is 40.0 Å². The summed E-state index contributed by atoms with van der Waals surface area (Å²) < 4.78 is 0. The first-order valence-electron chi connectivity index (χ1n) is 5.90. The summed E-state index contributed by atoms with van der Waals surface area (Å²) in [5.41, 5.74) is 0.143. The van der Waals surface area contributed by atoms with Gasteiger partial charge in [0.1, 0.15) is 0 Å². The van der Waals surface area contributed by atoms with Crippen LogP contribution in [0.4, 0.5) is 0 Å². The second-order valence-corrected chi connectivity index (χ2v) is 3.98. The van der Waals surface area contributed by atoms with Crippen molar-refractivity contribution in [1.82, 2.24) is 0 Å². The Morgan fingerprint density at radius 1 is 1.21 bits per heavy atom. The molecule has 0 radical (unpaired) electrons. The Kier molecular flexibility index (Phi) is 6.60. The van der Waals surface area contributed by atoms with Gasteiger partial charge < -0.3 is 5.11 Å². The topological polar surface area (TPSA) is 37.3 Å². The van der Waals surface area contributed by atoms with Crippen LogP contribution in [0, 0.1) is 5.41 Å². The maximum absolute atomic E-state index is 10.6. The number of hydrogen-bond donors (Lipinski definition) is 1. The molecule has 0 atom stereocenters. The van der Waals surface area contributed by atoms with Crippen molar-refractivity contribution in [2.45, 2.75) is 65.7 Å². The van der Waals surface area contributed by atoms with E-state index >= 15 is 0 Å². The minimum Gasteiger partial charge on any atom is -0.481 e. The maximum atomic E-state index is 10.6. The fourth-order valence-corrected chi connectivity index (χ4v) is 2.28. The van der Waals surface area contributed by atoms with Gasteiger partial charge in [0.25, 0.3) is 0 Å². The number of carboxylic acid groups (broad SMARTS) is 1. The minimum absolute atomic E-state index is 0.143. The molecule has 0 saturated heterocycles. The fourth-order valence-electron chi connectivity index (χ4n) is 2.28. The van der Waals surface area contributed by atoms with Crippen molar-refractivity contribution < 1.29 is 9.90 Å². The summed E-state index contributed by atoms with van der Waals surface area (Å²) >= 11 is 0. The van der Waals surface area contributed by atoms with E-state index in [0.29, 0.717) is 6.42 Å². The third-order valence-electron chi connectivity index (χ3n) is 3.19. The normalized spacial score (nSPS) is 19.4. The lowest BCUT2D eigenvalue weighted by Crippen LogP contribution is -2.26. The van der Waals surface area contributed by atoms with Gasteiger partial charge in [-0.3, -0.25) is 4.79 Å². The van der Waals surface area contributed by atoms with E-state index in [4.69, 9.17) is 5.11 Å². The summed E-state index contributed by atoms with van der Waals surface area (Å²) in [7, 11) is 0. The number of rotatable bonds is 3. The van der Waals surface area contributed by atoms with Gasteiger partial charge in [0.15, 0.2) is 0 Å². The zero-order chi connectivity index (χ0) is 11.0. The lowest BCUT2D eigenvalue weighted by molar-refractivity contribution is -0.140. The Bertz CT molecular complexity index is 158. The molecule has 0 amide bonds. The van der Waals surface area contributed by atoms with E-state index in [-0.39, 0.29) is 5.41 Å². The van der Waals surface area contributed by atoms with Gasteiger partial charge in [-0.25, -0.2) is 0 Å². The van der Waals surface area contributed by atoms with Gasteiger partial charge in [-0.2, -0.15) is 0 Å². The van der Waals surface area contributed by atoms with E-state index in [1.165, 1.54) is 19.3 Å². The van der Waals surface area contributed by atoms with Gasteiger partial charge >= 0.3 is 5.97 Å². The van der Waals surface area contributed by atoms with Crippen molar-refractivity contribution in [3.8, 4) is 0 Å². The monoisotopic (exact) mass is 200 g/mol. The third-order valence-corrected chi connectivity index (χ3v) is 3.19. The van der Waals surface area contributed by atoms with Crippen LogP contribution in [0.1, 0.15) is 65.7 Å². The Morgan fingerprint density at radius 2 is 1.71 bits per heavy atom. The van der Waals surface area contributed by atoms with Crippen molar-refractivity contribution >= 4 is 5.97 Å². The molecule has 2 nitrogen and oxygen atoms in total. The average molecular weight is 200 g/mol. The van der Waals surface area contributed by atoms with Gasteiger partial charge in [0.2, 0.25) is 0 Å². The molecule has 1 rings (SSSR count).